The Morgan fingerprint density at radius 3 is 2.32 bits per heavy atom. The van der Waals surface area contributed by atoms with Crippen molar-refractivity contribution in [2.45, 2.75) is 31.2 Å². The normalized spacial score (nSPS) is 12.2. The molecule has 0 spiro atoms. The van der Waals surface area contributed by atoms with Crippen molar-refractivity contribution in [1.82, 2.24) is 4.72 Å². The summed E-state index contributed by atoms with van der Waals surface area (Å²) in [6, 6.07) is 11.5. The molecular weight excluding hydrogens is 404 g/mol. The summed E-state index contributed by atoms with van der Waals surface area (Å²) in [6.07, 6.45) is -0.208. The topological polar surface area (TPSA) is 102 Å². The van der Waals surface area contributed by atoms with Gasteiger partial charge >= 0.3 is 5.97 Å². The largest absolute Gasteiger partial charge is 0.466 e. The summed E-state index contributed by atoms with van der Waals surface area (Å²) in [5.41, 5.74) is 0.941. The highest BCUT2D eigenvalue weighted by molar-refractivity contribution is 7.89. The monoisotopic (exact) mass is 424 g/mol. The molecule has 0 bridgehead atoms. The van der Waals surface area contributed by atoms with Gasteiger partial charge in [0, 0.05) is 17.6 Å². The molecule has 28 heavy (non-hydrogen) atoms. The lowest BCUT2D eigenvalue weighted by Crippen LogP contribution is -2.31. The maximum atomic E-state index is 12.8. The lowest BCUT2D eigenvalue weighted by Gasteiger charge is -2.20. The van der Waals surface area contributed by atoms with E-state index in [0.29, 0.717) is 16.3 Å². The number of sulfonamides is 1. The quantitative estimate of drug-likeness (QED) is 0.633. The summed E-state index contributed by atoms with van der Waals surface area (Å²) in [7, 11) is -3.96. The first-order valence-corrected chi connectivity index (χ1v) is 10.4. The van der Waals surface area contributed by atoms with Crippen molar-refractivity contribution in [3.8, 4) is 0 Å². The molecule has 0 saturated heterocycles. The molecule has 0 unspecified atom stereocenters. The third-order valence-electron chi connectivity index (χ3n) is 3.74. The van der Waals surface area contributed by atoms with Gasteiger partial charge in [-0.15, -0.1) is 0 Å². The number of esters is 1. The van der Waals surface area contributed by atoms with Gasteiger partial charge in [-0.2, -0.15) is 0 Å². The van der Waals surface area contributed by atoms with Crippen LogP contribution in [0.5, 0.6) is 0 Å². The molecule has 2 rings (SSSR count). The molecule has 2 aromatic carbocycles. The summed E-state index contributed by atoms with van der Waals surface area (Å²) in [5, 5.41) is 2.90. The van der Waals surface area contributed by atoms with Crippen LogP contribution in [0.4, 0.5) is 5.69 Å². The van der Waals surface area contributed by atoms with Gasteiger partial charge in [0.2, 0.25) is 15.9 Å². The predicted octanol–water partition coefficient (Wildman–Crippen LogP) is 3.27. The Labute approximate surface area is 169 Å². The minimum atomic E-state index is -3.96. The number of hydrogen-bond donors (Lipinski definition) is 2. The number of carbonyl (C=O) groups is 2. The average molecular weight is 425 g/mol. The van der Waals surface area contributed by atoms with Crippen LogP contribution < -0.4 is 10.0 Å². The molecule has 0 aliphatic heterocycles. The van der Waals surface area contributed by atoms with Crippen LogP contribution in [0.3, 0.4) is 0 Å². The Balaban J connectivity index is 2.29. The Morgan fingerprint density at radius 1 is 1.11 bits per heavy atom. The van der Waals surface area contributed by atoms with Crippen molar-refractivity contribution in [2.75, 3.05) is 11.9 Å². The summed E-state index contributed by atoms with van der Waals surface area (Å²) in [6.45, 7) is 3.21. The average Bonchev–Trinajstić information content (AvgIpc) is 2.61. The summed E-state index contributed by atoms with van der Waals surface area (Å²) in [4.78, 5) is 23.0. The van der Waals surface area contributed by atoms with Crippen LogP contribution in [0, 0.1) is 0 Å². The third kappa shape index (κ3) is 6.05. The van der Waals surface area contributed by atoms with Crippen molar-refractivity contribution >= 4 is 39.2 Å². The van der Waals surface area contributed by atoms with Crippen LogP contribution in [-0.2, 0) is 24.3 Å². The number of rotatable bonds is 8. The molecule has 0 aliphatic carbocycles. The predicted molar refractivity (Wildman–Crippen MR) is 107 cm³/mol. The van der Waals surface area contributed by atoms with Crippen molar-refractivity contribution in [2.24, 2.45) is 0 Å². The van der Waals surface area contributed by atoms with Gasteiger partial charge in [0.05, 0.1) is 24.0 Å². The SMILES string of the molecule is CCOC(=O)C[C@@H](NS(=O)(=O)c1ccc(NC(C)=O)cc1)c1ccccc1Cl. The van der Waals surface area contributed by atoms with Gasteiger partial charge in [-0.3, -0.25) is 9.59 Å². The number of ether oxygens (including phenoxy) is 1. The Kier molecular flexibility index (Phi) is 7.56. The molecule has 150 valence electrons. The maximum Gasteiger partial charge on any atom is 0.307 e. The zero-order chi connectivity index (χ0) is 20.7. The highest BCUT2D eigenvalue weighted by Crippen LogP contribution is 2.27. The summed E-state index contributed by atoms with van der Waals surface area (Å²) >= 11 is 6.20. The molecule has 0 aromatic heterocycles. The van der Waals surface area contributed by atoms with Gasteiger partial charge in [0.25, 0.3) is 0 Å². The molecule has 1 amide bonds. The van der Waals surface area contributed by atoms with E-state index < -0.39 is 22.0 Å². The number of benzene rings is 2. The molecule has 9 heteroatoms. The van der Waals surface area contributed by atoms with Gasteiger partial charge in [-0.1, -0.05) is 29.8 Å². The fourth-order valence-corrected chi connectivity index (χ4v) is 4.02. The van der Waals surface area contributed by atoms with Gasteiger partial charge < -0.3 is 10.1 Å². The van der Waals surface area contributed by atoms with E-state index >= 15 is 0 Å². The van der Waals surface area contributed by atoms with E-state index in [1.54, 1.807) is 31.2 Å². The zero-order valence-electron chi connectivity index (χ0n) is 15.4. The van der Waals surface area contributed by atoms with E-state index in [9.17, 15) is 18.0 Å². The van der Waals surface area contributed by atoms with Crippen molar-refractivity contribution in [1.29, 1.82) is 0 Å². The second kappa shape index (κ2) is 9.68. The third-order valence-corrected chi connectivity index (χ3v) is 5.57. The molecule has 7 nitrogen and oxygen atoms in total. The van der Waals surface area contributed by atoms with E-state index in [1.807, 2.05) is 0 Å². The van der Waals surface area contributed by atoms with Crippen LogP contribution in [0.2, 0.25) is 5.02 Å². The van der Waals surface area contributed by atoms with E-state index in [-0.39, 0.29) is 23.8 Å². The zero-order valence-corrected chi connectivity index (χ0v) is 17.0. The fraction of sp³-hybridized carbons (Fsp3) is 0.263. The molecule has 0 heterocycles. The van der Waals surface area contributed by atoms with Crippen molar-refractivity contribution in [3.63, 3.8) is 0 Å². The maximum absolute atomic E-state index is 12.8. The highest BCUT2D eigenvalue weighted by atomic mass is 35.5. The summed E-state index contributed by atoms with van der Waals surface area (Å²) < 4.78 is 33.1. The number of halogens is 1. The number of anilines is 1. The molecule has 0 fully saturated rings. The first-order chi connectivity index (χ1) is 13.2. The highest BCUT2D eigenvalue weighted by Gasteiger charge is 2.25. The lowest BCUT2D eigenvalue weighted by atomic mass is 10.1. The second-order valence-corrected chi connectivity index (χ2v) is 8.03. The Bertz CT molecular complexity index is 945. The first-order valence-electron chi connectivity index (χ1n) is 8.53. The van der Waals surface area contributed by atoms with E-state index in [0.717, 1.165) is 0 Å². The van der Waals surface area contributed by atoms with Gasteiger partial charge in [-0.25, -0.2) is 13.1 Å². The minimum Gasteiger partial charge on any atom is -0.466 e. The van der Waals surface area contributed by atoms with E-state index in [1.165, 1.54) is 31.2 Å². The molecule has 2 aromatic rings. The number of amides is 1. The van der Waals surface area contributed by atoms with Gasteiger partial charge in [0.15, 0.2) is 0 Å². The Morgan fingerprint density at radius 2 is 1.75 bits per heavy atom. The standard InChI is InChI=1S/C19H21ClN2O5S/c1-3-27-19(24)12-18(16-6-4-5-7-17(16)20)22-28(25,26)15-10-8-14(9-11-15)21-13(2)23/h4-11,18,22H,3,12H2,1-2H3,(H,21,23)/t18-/m1/s1. The Hall–Kier alpha value is -2.42. The van der Waals surface area contributed by atoms with E-state index in [2.05, 4.69) is 10.0 Å². The van der Waals surface area contributed by atoms with Crippen molar-refractivity contribution in [3.05, 3.63) is 59.1 Å². The van der Waals surface area contributed by atoms with Crippen molar-refractivity contribution < 1.29 is 22.7 Å². The number of nitrogens with one attached hydrogen (secondary N) is 2. The van der Waals surface area contributed by atoms with Gasteiger partial charge in [-0.05, 0) is 42.8 Å². The molecule has 0 saturated carbocycles. The van der Waals surface area contributed by atoms with E-state index in [4.69, 9.17) is 16.3 Å². The van der Waals surface area contributed by atoms with Gasteiger partial charge in [0.1, 0.15) is 0 Å². The minimum absolute atomic E-state index is 0.0116. The van der Waals surface area contributed by atoms with Crippen LogP contribution in [-0.4, -0.2) is 26.9 Å². The van der Waals surface area contributed by atoms with Crippen LogP contribution in [0.15, 0.2) is 53.4 Å². The number of hydrogen-bond acceptors (Lipinski definition) is 5. The molecular formula is C19H21ClN2O5S. The molecule has 1 atom stereocenters. The van der Waals surface area contributed by atoms with Crippen LogP contribution in [0.1, 0.15) is 31.9 Å². The smallest absolute Gasteiger partial charge is 0.307 e. The van der Waals surface area contributed by atoms with Crippen LogP contribution in [0.25, 0.3) is 0 Å². The summed E-state index contributed by atoms with van der Waals surface area (Å²) in [5.74, 6) is -0.807. The van der Waals surface area contributed by atoms with Crippen LogP contribution >= 0.6 is 11.6 Å². The number of carbonyl (C=O) groups excluding carboxylic acids is 2. The second-order valence-electron chi connectivity index (χ2n) is 5.91. The first kappa shape index (κ1) is 21.9. The fourth-order valence-electron chi connectivity index (χ4n) is 2.54. The molecule has 0 radical (unpaired) electrons. The molecule has 0 aliphatic rings. The molecule has 2 N–H and O–H groups in total. The lowest BCUT2D eigenvalue weighted by molar-refractivity contribution is -0.143.